The Kier molecular flexibility index (Phi) is 9.38. The van der Waals surface area contributed by atoms with Crippen molar-refractivity contribution in [2.45, 2.75) is 104 Å². The highest BCUT2D eigenvalue weighted by Gasteiger charge is 2.24. The van der Waals surface area contributed by atoms with Crippen molar-refractivity contribution in [1.82, 2.24) is 10.6 Å². The number of amides is 2. The van der Waals surface area contributed by atoms with E-state index in [1.54, 1.807) is 55.4 Å². The first-order valence-electron chi connectivity index (χ1n) is 8.96. The number of carbonyl (C=O) groups excluding carboxylic acids is 2. The second kappa shape index (κ2) is 9.97. The summed E-state index contributed by atoms with van der Waals surface area (Å²) in [6.07, 6.45) is -2.43. The van der Waals surface area contributed by atoms with Gasteiger partial charge in [0.05, 0.1) is 24.3 Å². The lowest BCUT2D eigenvalue weighted by Crippen LogP contribution is -2.45. The highest BCUT2D eigenvalue weighted by molar-refractivity contribution is 5.68. The minimum Gasteiger partial charge on any atom is -0.444 e. The average Bonchev–Trinajstić information content (AvgIpc) is 2.39. The van der Waals surface area contributed by atoms with Crippen LogP contribution in [0.2, 0.25) is 0 Å². The molecule has 0 unspecified atom stereocenters. The van der Waals surface area contributed by atoms with Gasteiger partial charge in [0, 0.05) is 0 Å². The van der Waals surface area contributed by atoms with Crippen LogP contribution in [-0.4, -0.2) is 57.9 Å². The smallest absolute Gasteiger partial charge is 0.407 e. The van der Waals surface area contributed by atoms with E-state index in [-0.39, 0.29) is 12.8 Å². The van der Waals surface area contributed by atoms with E-state index in [0.717, 1.165) is 0 Å². The van der Waals surface area contributed by atoms with E-state index in [1.807, 2.05) is 0 Å². The molecular weight excluding hydrogens is 340 g/mol. The average molecular weight is 376 g/mol. The molecule has 0 rings (SSSR count). The van der Waals surface area contributed by atoms with E-state index in [0.29, 0.717) is 0 Å². The van der Waals surface area contributed by atoms with Crippen LogP contribution in [0.5, 0.6) is 0 Å². The van der Waals surface area contributed by atoms with Gasteiger partial charge in [0.1, 0.15) is 11.2 Å². The molecule has 0 aromatic heterocycles. The first kappa shape index (κ1) is 24.5. The van der Waals surface area contributed by atoms with Gasteiger partial charge >= 0.3 is 12.2 Å². The standard InChI is InChI=1S/C18H36N2O6/c1-11(19-15(23)25-17(3,4)5)13(21)9-10-14(22)12(2)20-16(24)26-18(6,7)8/h11-14,21-22H,9-10H2,1-8H3,(H,19,23)(H,20,24)/t11-,12-,13+,14+/m0/s1. The Morgan fingerprint density at radius 1 is 0.769 bits per heavy atom. The molecular formula is C18H36N2O6. The van der Waals surface area contributed by atoms with E-state index < -0.39 is 47.7 Å². The molecule has 154 valence electrons. The van der Waals surface area contributed by atoms with Crippen LogP contribution in [0.3, 0.4) is 0 Å². The van der Waals surface area contributed by atoms with Crippen LogP contribution in [0.4, 0.5) is 9.59 Å². The number of hydrogen-bond donors (Lipinski definition) is 4. The number of nitrogens with one attached hydrogen (secondary N) is 2. The van der Waals surface area contributed by atoms with Gasteiger partial charge in [-0.3, -0.25) is 0 Å². The monoisotopic (exact) mass is 376 g/mol. The summed E-state index contributed by atoms with van der Waals surface area (Å²) < 4.78 is 10.3. The van der Waals surface area contributed by atoms with E-state index in [1.165, 1.54) is 0 Å². The number of rotatable bonds is 7. The third-order valence-electron chi connectivity index (χ3n) is 3.40. The molecule has 0 heterocycles. The summed E-state index contributed by atoms with van der Waals surface area (Å²) in [7, 11) is 0. The highest BCUT2D eigenvalue weighted by atomic mass is 16.6. The van der Waals surface area contributed by atoms with Gasteiger partial charge in [-0.2, -0.15) is 0 Å². The molecule has 4 N–H and O–H groups in total. The third kappa shape index (κ3) is 11.9. The number of carbonyl (C=O) groups is 2. The largest absolute Gasteiger partial charge is 0.444 e. The lowest BCUT2D eigenvalue weighted by Gasteiger charge is -2.26. The van der Waals surface area contributed by atoms with Crippen molar-refractivity contribution in [1.29, 1.82) is 0 Å². The molecule has 0 aromatic carbocycles. The van der Waals surface area contributed by atoms with Crippen molar-refractivity contribution in [3.8, 4) is 0 Å². The zero-order valence-electron chi connectivity index (χ0n) is 17.3. The Labute approximate surface area is 156 Å². The molecule has 0 aliphatic rings. The first-order valence-corrected chi connectivity index (χ1v) is 8.96. The van der Waals surface area contributed by atoms with Crippen molar-refractivity contribution in [3.05, 3.63) is 0 Å². The zero-order chi connectivity index (χ0) is 20.7. The Hall–Kier alpha value is -1.54. The minimum absolute atomic E-state index is 0.248. The summed E-state index contributed by atoms with van der Waals surface area (Å²) in [6, 6.07) is -1.07. The molecule has 0 saturated heterocycles. The predicted octanol–water partition coefficient (Wildman–Crippen LogP) is 2.31. The summed E-state index contributed by atoms with van der Waals surface area (Å²) in [5.74, 6) is 0. The van der Waals surface area contributed by atoms with Crippen molar-refractivity contribution in [2.24, 2.45) is 0 Å². The van der Waals surface area contributed by atoms with Crippen LogP contribution in [0.25, 0.3) is 0 Å². The Bertz CT molecular complexity index is 414. The molecule has 0 fully saturated rings. The van der Waals surface area contributed by atoms with Gasteiger partial charge in [-0.15, -0.1) is 0 Å². The molecule has 2 amide bonds. The quantitative estimate of drug-likeness (QED) is 0.542. The number of aliphatic hydroxyl groups excluding tert-OH is 2. The fraction of sp³-hybridized carbons (Fsp3) is 0.889. The fourth-order valence-corrected chi connectivity index (χ4v) is 2.02. The van der Waals surface area contributed by atoms with E-state index in [2.05, 4.69) is 10.6 Å². The van der Waals surface area contributed by atoms with Crippen LogP contribution in [0.1, 0.15) is 68.2 Å². The van der Waals surface area contributed by atoms with Gasteiger partial charge in [0.25, 0.3) is 0 Å². The number of ether oxygens (including phenoxy) is 2. The predicted molar refractivity (Wildman–Crippen MR) is 98.9 cm³/mol. The summed E-state index contributed by atoms with van der Waals surface area (Å²) in [5, 5.41) is 25.4. The van der Waals surface area contributed by atoms with Crippen LogP contribution in [0, 0.1) is 0 Å². The Morgan fingerprint density at radius 2 is 1.04 bits per heavy atom. The topological polar surface area (TPSA) is 117 Å². The highest BCUT2D eigenvalue weighted by Crippen LogP contribution is 2.12. The van der Waals surface area contributed by atoms with Crippen LogP contribution in [-0.2, 0) is 9.47 Å². The number of aliphatic hydroxyl groups is 2. The molecule has 8 heteroatoms. The molecule has 0 aliphatic carbocycles. The van der Waals surface area contributed by atoms with Crippen LogP contribution < -0.4 is 10.6 Å². The maximum absolute atomic E-state index is 11.7. The minimum atomic E-state index is -0.856. The maximum atomic E-state index is 11.7. The van der Waals surface area contributed by atoms with Gasteiger partial charge in [0.15, 0.2) is 0 Å². The first-order chi connectivity index (χ1) is 11.6. The molecule has 0 saturated carbocycles. The summed E-state index contributed by atoms with van der Waals surface area (Å²) >= 11 is 0. The van der Waals surface area contributed by atoms with Crippen molar-refractivity contribution >= 4 is 12.2 Å². The van der Waals surface area contributed by atoms with Crippen molar-refractivity contribution in [3.63, 3.8) is 0 Å². The van der Waals surface area contributed by atoms with Crippen LogP contribution in [0.15, 0.2) is 0 Å². The van der Waals surface area contributed by atoms with Crippen LogP contribution >= 0.6 is 0 Å². The SMILES string of the molecule is C[C@H](NC(=O)OC(C)(C)C)[C@H](O)CC[C@@H](O)[C@H](C)NC(=O)OC(C)(C)C. The summed E-state index contributed by atoms with van der Waals surface area (Å²) in [6.45, 7) is 13.8. The van der Waals surface area contributed by atoms with Gasteiger partial charge in [-0.05, 0) is 68.2 Å². The van der Waals surface area contributed by atoms with Gasteiger partial charge in [-0.1, -0.05) is 0 Å². The van der Waals surface area contributed by atoms with E-state index in [4.69, 9.17) is 9.47 Å². The lowest BCUT2D eigenvalue weighted by atomic mass is 10.0. The maximum Gasteiger partial charge on any atom is 0.407 e. The molecule has 8 nitrogen and oxygen atoms in total. The van der Waals surface area contributed by atoms with Gasteiger partial charge in [0.2, 0.25) is 0 Å². The van der Waals surface area contributed by atoms with Crippen molar-refractivity contribution in [2.75, 3.05) is 0 Å². The van der Waals surface area contributed by atoms with E-state index in [9.17, 15) is 19.8 Å². The molecule has 0 radical (unpaired) electrons. The molecule has 0 bridgehead atoms. The number of hydrogen-bond acceptors (Lipinski definition) is 6. The van der Waals surface area contributed by atoms with E-state index >= 15 is 0 Å². The normalized spacial score (nSPS) is 16.8. The van der Waals surface area contributed by atoms with Gasteiger partial charge < -0.3 is 30.3 Å². The Morgan fingerprint density at radius 3 is 1.27 bits per heavy atom. The second-order valence-corrected chi connectivity index (χ2v) is 8.58. The molecule has 0 aliphatic heterocycles. The summed E-state index contributed by atoms with van der Waals surface area (Å²) in [4.78, 5) is 23.4. The molecule has 0 aromatic rings. The summed E-state index contributed by atoms with van der Waals surface area (Å²) in [5.41, 5.74) is -1.23. The molecule has 0 spiro atoms. The molecule has 4 atom stereocenters. The van der Waals surface area contributed by atoms with Crippen molar-refractivity contribution < 1.29 is 29.3 Å². The van der Waals surface area contributed by atoms with Gasteiger partial charge in [-0.25, -0.2) is 9.59 Å². The third-order valence-corrected chi connectivity index (χ3v) is 3.40. The zero-order valence-corrected chi connectivity index (χ0v) is 17.3. The lowest BCUT2D eigenvalue weighted by molar-refractivity contribution is 0.0345. The fourth-order valence-electron chi connectivity index (χ4n) is 2.02. The number of alkyl carbamates (subject to hydrolysis) is 2. The second-order valence-electron chi connectivity index (χ2n) is 8.58. The Balaban J connectivity index is 4.29. The molecule has 26 heavy (non-hydrogen) atoms.